The molecule has 0 spiro atoms. The Morgan fingerprint density at radius 2 is 2.00 bits per heavy atom. The van der Waals surface area contributed by atoms with E-state index >= 15 is 0 Å². The van der Waals surface area contributed by atoms with E-state index in [4.69, 9.17) is 11.6 Å². The van der Waals surface area contributed by atoms with E-state index in [1.54, 1.807) is 18.2 Å². The van der Waals surface area contributed by atoms with Crippen molar-refractivity contribution >= 4 is 29.3 Å². The lowest BCUT2D eigenvalue weighted by Crippen LogP contribution is -2.25. The van der Waals surface area contributed by atoms with Crippen LogP contribution in [0.2, 0.25) is 5.02 Å². The number of rotatable bonds is 6. The monoisotopic (exact) mass is 323 g/mol. The highest BCUT2D eigenvalue weighted by atomic mass is 35.5. The summed E-state index contributed by atoms with van der Waals surface area (Å²) in [4.78, 5) is 11.7. The van der Waals surface area contributed by atoms with Crippen LogP contribution in [-0.2, 0) is 17.1 Å². The van der Waals surface area contributed by atoms with E-state index in [-0.39, 0.29) is 18.3 Å². The minimum atomic E-state index is -0.301. The number of thioether (sulfide) groups is 1. The standard InChI is InChI=1S/C16H15ClFNOS/c17-14-6-3-4-12(8-14)10-21-11-16(20)19-9-13-5-1-2-7-15(13)18/h1-8H,9-11H2,(H,19,20). The Kier molecular flexibility index (Phi) is 6.08. The van der Waals surface area contributed by atoms with E-state index in [0.717, 1.165) is 5.56 Å². The number of halogens is 2. The van der Waals surface area contributed by atoms with Crippen molar-refractivity contribution in [3.63, 3.8) is 0 Å². The van der Waals surface area contributed by atoms with Crippen LogP contribution in [0.5, 0.6) is 0 Å². The van der Waals surface area contributed by atoms with Gasteiger partial charge in [-0.2, -0.15) is 0 Å². The molecule has 0 aliphatic heterocycles. The van der Waals surface area contributed by atoms with Gasteiger partial charge < -0.3 is 5.32 Å². The Hall–Kier alpha value is -1.52. The molecule has 0 heterocycles. The number of nitrogens with one attached hydrogen (secondary N) is 1. The Balaban J connectivity index is 1.72. The van der Waals surface area contributed by atoms with Crippen molar-refractivity contribution in [3.8, 4) is 0 Å². The Morgan fingerprint density at radius 1 is 1.19 bits per heavy atom. The number of carbonyl (C=O) groups is 1. The van der Waals surface area contributed by atoms with Gasteiger partial charge in [-0.25, -0.2) is 4.39 Å². The first-order chi connectivity index (χ1) is 10.1. The van der Waals surface area contributed by atoms with Gasteiger partial charge in [-0.05, 0) is 23.8 Å². The number of hydrogen-bond donors (Lipinski definition) is 1. The highest BCUT2D eigenvalue weighted by molar-refractivity contribution is 7.99. The fourth-order valence-corrected chi connectivity index (χ4v) is 2.79. The van der Waals surface area contributed by atoms with Crippen LogP contribution in [0, 0.1) is 5.82 Å². The molecule has 0 radical (unpaired) electrons. The molecule has 0 aliphatic rings. The van der Waals surface area contributed by atoms with E-state index in [0.29, 0.717) is 22.1 Å². The van der Waals surface area contributed by atoms with Crippen LogP contribution >= 0.6 is 23.4 Å². The van der Waals surface area contributed by atoms with Crippen LogP contribution < -0.4 is 5.32 Å². The third-order valence-corrected chi connectivity index (χ3v) is 4.06. The molecule has 0 bridgehead atoms. The van der Waals surface area contributed by atoms with Crippen LogP contribution in [0.15, 0.2) is 48.5 Å². The van der Waals surface area contributed by atoms with Crippen LogP contribution in [0.1, 0.15) is 11.1 Å². The summed E-state index contributed by atoms with van der Waals surface area (Å²) >= 11 is 7.39. The zero-order valence-corrected chi connectivity index (χ0v) is 12.9. The maximum absolute atomic E-state index is 13.4. The van der Waals surface area contributed by atoms with Gasteiger partial charge in [0.1, 0.15) is 5.82 Å². The maximum atomic E-state index is 13.4. The van der Waals surface area contributed by atoms with Crippen LogP contribution in [-0.4, -0.2) is 11.7 Å². The molecule has 2 aromatic carbocycles. The zero-order valence-electron chi connectivity index (χ0n) is 11.3. The smallest absolute Gasteiger partial charge is 0.230 e. The largest absolute Gasteiger partial charge is 0.351 e. The number of carbonyl (C=O) groups excluding carboxylic acids is 1. The van der Waals surface area contributed by atoms with Crippen molar-refractivity contribution in [3.05, 3.63) is 70.5 Å². The molecule has 2 nitrogen and oxygen atoms in total. The summed E-state index contributed by atoms with van der Waals surface area (Å²) in [6, 6.07) is 14.0. The second-order valence-electron chi connectivity index (χ2n) is 4.49. The van der Waals surface area contributed by atoms with Gasteiger partial charge in [0.25, 0.3) is 0 Å². The average molecular weight is 324 g/mol. The van der Waals surface area contributed by atoms with E-state index in [9.17, 15) is 9.18 Å². The maximum Gasteiger partial charge on any atom is 0.230 e. The first-order valence-corrected chi connectivity index (χ1v) is 8.01. The van der Waals surface area contributed by atoms with E-state index in [2.05, 4.69) is 5.32 Å². The Morgan fingerprint density at radius 3 is 2.76 bits per heavy atom. The van der Waals surface area contributed by atoms with Crippen molar-refractivity contribution in [1.29, 1.82) is 0 Å². The number of amides is 1. The summed E-state index contributed by atoms with van der Waals surface area (Å²) < 4.78 is 13.4. The molecular formula is C16H15ClFNOS. The molecular weight excluding hydrogens is 309 g/mol. The van der Waals surface area contributed by atoms with Gasteiger partial charge in [0.05, 0.1) is 5.75 Å². The van der Waals surface area contributed by atoms with Crippen molar-refractivity contribution in [2.24, 2.45) is 0 Å². The third-order valence-electron chi connectivity index (χ3n) is 2.82. The fraction of sp³-hybridized carbons (Fsp3) is 0.188. The normalized spacial score (nSPS) is 10.4. The van der Waals surface area contributed by atoms with Gasteiger partial charge in [-0.3, -0.25) is 4.79 Å². The number of hydrogen-bond acceptors (Lipinski definition) is 2. The van der Waals surface area contributed by atoms with E-state index < -0.39 is 0 Å². The van der Waals surface area contributed by atoms with Crippen molar-refractivity contribution in [1.82, 2.24) is 5.32 Å². The van der Waals surface area contributed by atoms with Gasteiger partial charge in [-0.15, -0.1) is 11.8 Å². The molecule has 2 rings (SSSR count). The summed E-state index contributed by atoms with van der Waals surface area (Å²) in [6.45, 7) is 0.212. The van der Waals surface area contributed by atoms with Gasteiger partial charge in [0, 0.05) is 22.9 Å². The highest BCUT2D eigenvalue weighted by Gasteiger charge is 2.05. The molecule has 0 saturated carbocycles. The summed E-state index contributed by atoms with van der Waals surface area (Å²) in [7, 11) is 0. The lowest BCUT2D eigenvalue weighted by Gasteiger charge is -2.06. The SMILES string of the molecule is O=C(CSCc1cccc(Cl)c1)NCc1ccccc1F. The second kappa shape index (κ2) is 8.05. The quantitative estimate of drug-likeness (QED) is 0.869. The molecule has 0 atom stereocenters. The zero-order chi connectivity index (χ0) is 15.1. The molecule has 1 amide bonds. The highest BCUT2D eigenvalue weighted by Crippen LogP contribution is 2.16. The predicted molar refractivity (Wildman–Crippen MR) is 85.9 cm³/mol. The minimum absolute atomic E-state index is 0.106. The van der Waals surface area contributed by atoms with Crippen molar-refractivity contribution < 1.29 is 9.18 Å². The molecule has 110 valence electrons. The van der Waals surface area contributed by atoms with Crippen LogP contribution in [0.4, 0.5) is 4.39 Å². The fourth-order valence-electron chi connectivity index (χ4n) is 1.77. The van der Waals surface area contributed by atoms with Gasteiger partial charge in [-0.1, -0.05) is 41.9 Å². The molecule has 0 fully saturated rings. The molecule has 5 heteroatoms. The van der Waals surface area contributed by atoms with Gasteiger partial charge in [0.2, 0.25) is 5.91 Å². The van der Waals surface area contributed by atoms with Gasteiger partial charge >= 0.3 is 0 Å². The molecule has 0 aromatic heterocycles. The van der Waals surface area contributed by atoms with Crippen LogP contribution in [0.3, 0.4) is 0 Å². The Bertz CT molecular complexity index is 621. The van der Waals surface area contributed by atoms with Gasteiger partial charge in [0.15, 0.2) is 0 Å². The average Bonchev–Trinajstić information content (AvgIpc) is 2.46. The summed E-state index contributed by atoms with van der Waals surface area (Å²) in [5, 5.41) is 3.40. The predicted octanol–water partition coefficient (Wildman–Crippen LogP) is 4.03. The Labute approximate surface area is 132 Å². The van der Waals surface area contributed by atoms with Crippen molar-refractivity contribution in [2.75, 3.05) is 5.75 Å². The molecule has 1 N–H and O–H groups in total. The van der Waals surface area contributed by atoms with E-state index in [1.807, 2.05) is 24.3 Å². The summed E-state index contributed by atoms with van der Waals surface area (Å²) in [6.07, 6.45) is 0. The topological polar surface area (TPSA) is 29.1 Å². The first-order valence-electron chi connectivity index (χ1n) is 6.47. The molecule has 21 heavy (non-hydrogen) atoms. The van der Waals surface area contributed by atoms with E-state index in [1.165, 1.54) is 17.8 Å². The number of benzene rings is 2. The van der Waals surface area contributed by atoms with Crippen molar-refractivity contribution in [2.45, 2.75) is 12.3 Å². The third kappa shape index (κ3) is 5.40. The second-order valence-corrected chi connectivity index (χ2v) is 5.91. The molecule has 0 saturated heterocycles. The molecule has 2 aromatic rings. The lowest BCUT2D eigenvalue weighted by molar-refractivity contribution is -0.118. The molecule has 0 unspecified atom stereocenters. The molecule has 0 aliphatic carbocycles. The summed E-state index contributed by atoms with van der Waals surface area (Å²) in [5.74, 6) is 0.643. The lowest BCUT2D eigenvalue weighted by atomic mass is 10.2. The summed E-state index contributed by atoms with van der Waals surface area (Å²) in [5.41, 5.74) is 1.57. The first kappa shape index (κ1) is 15.9. The van der Waals surface area contributed by atoms with Crippen LogP contribution in [0.25, 0.3) is 0 Å². The minimum Gasteiger partial charge on any atom is -0.351 e.